The van der Waals surface area contributed by atoms with Crippen molar-refractivity contribution in [2.24, 2.45) is 0 Å². The summed E-state index contributed by atoms with van der Waals surface area (Å²) in [6, 6.07) is 46.2. The molecule has 2 aliphatic rings. The summed E-state index contributed by atoms with van der Waals surface area (Å²) in [5, 5.41) is -0.0735. The van der Waals surface area contributed by atoms with Crippen LogP contribution in [0.5, 0.6) is 5.75 Å². The number of hydrogen-bond donors (Lipinski definition) is 0. The smallest absolute Gasteiger partial charge is 0.266 e. The van der Waals surface area contributed by atoms with Gasteiger partial charge in [-0.3, -0.25) is 9.69 Å². The number of nitrogens with zero attached hydrogens (tertiary/aromatic N) is 1. The van der Waals surface area contributed by atoms with Crippen LogP contribution >= 0.6 is 11.8 Å². The van der Waals surface area contributed by atoms with Crippen molar-refractivity contribution in [3.05, 3.63) is 162 Å². The number of rotatable bonds is 5. The first-order chi connectivity index (χ1) is 20.7. The molecule has 2 atom stereocenters. The van der Waals surface area contributed by atoms with Crippen LogP contribution in [0, 0.1) is 0 Å². The largest absolute Gasteiger partial charge is 0.496 e. The summed E-state index contributed by atoms with van der Waals surface area (Å²) >= 11 is 1.74. The molecule has 0 saturated carbocycles. The molecule has 0 N–H and O–H groups in total. The van der Waals surface area contributed by atoms with Crippen molar-refractivity contribution in [2.75, 3.05) is 12.0 Å². The monoisotopic (exact) mass is 567 g/mol. The Hall–Kier alpha value is -4.74. The zero-order valence-electron chi connectivity index (χ0n) is 23.1. The van der Waals surface area contributed by atoms with Crippen LogP contribution in [0.25, 0.3) is 11.3 Å². The van der Waals surface area contributed by atoms with E-state index in [2.05, 4.69) is 24.3 Å². The molecule has 0 unspecified atom stereocenters. The van der Waals surface area contributed by atoms with E-state index in [0.717, 1.165) is 38.6 Å². The third kappa shape index (κ3) is 4.38. The van der Waals surface area contributed by atoms with Crippen molar-refractivity contribution < 1.29 is 14.3 Å². The molecule has 4 nitrogen and oxygen atoms in total. The van der Waals surface area contributed by atoms with Gasteiger partial charge in [0, 0.05) is 33.3 Å². The first-order valence-electron chi connectivity index (χ1n) is 14.0. The van der Waals surface area contributed by atoms with Crippen LogP contribution < -0.4 is 9.64 Å². The van der Waals surface area contributed by atoms with Gasteiger partial charge in [0.1, 0.15) is 11.5 Å². The zero-order chi connectivity index (χ0) is 28.5. The van der Waals surface area contributed by atoms with E-state index in [4.69, 9.17) is 9.47 Å². The van der Waals surface area contributed by atoms with Crippen LogP contribution in [0.4, 0.5) is 5.69 Å². The van der Waals surface area contributed by atoms with Crippen LogP contribution in [-0.2, 0) is 15.3 Å². The number of hydrogen-bond acceptors (Lipinski definition) is 4. The Morgan fingerprint density at radius 2 is 1.33 bits per heavy atom. The minimum atomic E-state index is -1.13. The number of thioether (sulfide) groups is 1. The van der Waals surface area contributed by atoms with E-state index in [1.807, 2.05) is 120 Å². The summed E-state index contributed by atoms with van der Waals surface area (Å²) in [6.45, 7) is 0. The average Bonchev–Trinajstić information content (AvgIpc) is 3.21. The molecule has 0 fully saturated rings. The molecule has 0 aliphatic carbocycles. The summed E-state index contributed by atoms with van der Waals surface area (Å²) in [5.41, 5.74) is 3.89. The maximum Gasteiger partial charge on any atom is 0.266 e. The number of anilines is 1. The second-order valence-electron chi connectivity index (χ2n) is 10.3. The van der Waals surface area contributed by atoms with Crippen LogP contribution in [-0.4, -0.2) is 13.0 Å². The van der Waals surface area contributed by atoms with Gasteiger partial charge < -0.3 is 9.47 Å². The van der Waals surface area contributed by atoms with E-state index in [1.165, 1.54) is 0 Å². The molecule has 0 bridgehead atoms. The normalized spacial score (nSPS) is 19.8. The number of fused-ring (bicyclic) bond motifs is 3. The Kier molecular flexibility index (Phi) is 6.80. The highest BCUT2D eigenvalue weighted by atomic mass is 32.2. The van der Waals surface area contributed by atoms with Gasteiger partial charge in [0.2, 0.25) is 5.72 Å². The predicted molar refractivity (Wildman–Crippen MR) is 169 cm³/mol. The molecule has 5 aromatic rings. The van der Waals surface area contributed by atoms with Crippen molar-refractivity contribution in [1.29, 1.82) is 0 Å². The van der Waals surface area contributed by atoms with E-state index < -0.39 is 5.72 Å². The number of ether oxygens (including phenoxy) is 2. The molecule has 7 rings (SSSR count). The van der Waals surface area contributed by atoms with E-state index >= 15 is 4.79 Å². The summed E-state index contributed by atoms with van der Waals surface area (Å²) in [6.07, 6.45) is 0.501. The minimum absolute atomic E-state index is 0.0735. The Morgan fingerprint density at radius 1 is 0.738 bits per heavy atom. The highest BCUT2D eigenvalue weighted by Gasteiger charge is 2.54. The highest BCUT2D eigenvalue weighted by molar-refractivity contribution is 7.99. The fourth-order valence-electron chi connectivity index (χ4n) is 6.03. The Labute approximate surface area is 250 Å². The van der Waals surface area contributed by atoms with Crippen molar-refractivity contribution in [1.82, 2.24) is 0 Å². The third-order valence-electron chi connectivity index (χ3n) is 7.92. The van der Waals surface area contributed by atoms with Gasteiger partial charge in [-0.15, -0.1) is 11.8 Å². The molecule has 0 spiro atoms. The van der Waals surface area contributed by atoms with E-state index in [9.17, 15) is 0 Å². The molecular weight excluding hydrogens is 538 g/mol. The first kappa shape index (κ1) is 26.2. The Balaban J connectivity index is 1.55. The lowest BCUT2D eigenvalue weighted by molar-refractivity contribution is -0.120. The van der Waals surface area contributed by atoms with Gasteiger partial charge in [0.25, 0.3) is 5.91 Å². The average molecular weight is 568 g/mol. The first-order valence-corrected chi connectivity index (χ1v) is 14.9. The lowest BCUT2D eigenvalue weighted by atomic mass is 9.87. The highest BCUT2D eigenvalue weighted by Crippen LogP contribution is 2.58. The molecule has 2 aliphatic heterocycles. The number of benzene rings is 5. The van der Waals surface area contributed by atoms with Crippen molar-refractivity contribution in [3.63, 3.8) is 0 Å². The number of para-hydroxylation sites is 2. The number of carbonyl (C=O) groups excluding carboxylic acids is 1. The molecule has 2 heterocycles. The lowest BCUT2D eigenvalue weighted by Gasteiger charge is -2.48. The fourth-order valence-corrected chi connectivity index (χ4v) is 7.40. The number of carbonyl (C=O) groups is 1. The molecule has 206 valence electrons. The van der Waals surface area contributed by atoms with E-state index in [0.29, 0.717) is 17.8 Å². The summed E-state index contributed by atoms with van der Waals surface area (Å²) in [4.78, 5) is 18.1. The van der Waals surface area contributed by atoms with Crippen LogP contribution in [0.2, 0.25) is 0 Å². The molecular formula is C37H29NO3S. The fraction of sp³-hybridized carbons (Fsp3) is 0.108. The minimum Gasteiger partial charge on any atom is -0.496 e. The molecule has 1 amide bonds. The third-order valence-corrected chi connectivity index (χ3v) is 9.23. The second kappa shape index (κ2) is 10.9. The molecule has 0 radical (unpaired) electrons. The predicted octanol–water partition coefficient (Wildman–Crippen LogP) is 8.72. The van der Waals surface area contributed by atoms with E-state index in [-0.39, 0.29) is 11.2 Å². The lowest BCUT2D eigenvalue weighted by Crippen LogP contribution is -2.55. The zero-order valence-corrected chi connectivity index (χ0v) is 24.0. The summed E-state index contributed by atoms with van der Waals surface area (Å²) < 4.78 is 13.2. The summed E-state index contributed by atoms with van der Waals surface area (Å²) in [5.74, 6) is 1.30. The molecule has 0 aromatic heterocycles. The Morgan fingerprint density at radius 3 is 2.05 bits per heavy atom. The van der Waals surface area contributed by atoms with E-state index in [1.54, 1.807) is 18.9 Å². The van der Waals surface area contributed by atoms with Crippen LogP contribution in [0.15, 0.2) is 144 Å². The second-order valence-corrected chi connectivity index (χ2v) is 11.6. The van der Waals surface area contributed by atoms with Gasteiger partial charge in [-0.1, -0.05) is 121 Å². The summed E-state index contributed by atoms with van der Waals surface area (Å²) in [7, 11) is 1.70. The van der Waals surface area contributed by atoms with Gasteiger partial charge in [0.05, 0.1) is 18.4 Å². The molecule has 5 aromatic carbocycles. The van der Waals surface area contributed by atoms with Gasteiger partial charge >= 0.3 is 0 Å². The SMILES string of the molecule is COc1ccccc1[C@H]1C[C@]2(c3ccccc3)OC(c3ccccc3)=C(c3ccccc3)C(=O)N2c2ccccc2S1. The van der Waals surface area contributed by atoms with Gasteiger partial charge in [-0.2, -0.15) is 0 Å². The molecule has 0 saturated heterocycles. The topological polar surface area (TPSA) is 38.8 Å². The standard InChI is InChI=1S/C37H29NO3S/c1-40-31-23-13-11-21-29(31)33-25-37(28-19-9-4-10-20-28)38(30-22-12-14-24-32(30)42-33)36(39)34(26-15-5-2-6-16-26)35(41-37)27-17-7-3-8-18-27/h2-24,33H,25H2,1H3/t33-,37-/m1/s1. The maximum absolute atomic E-state index is 15.2. The molecule has 42 heavy (non-hydrogen) atoms. The van der Waals surface area contributed by atoms with Gasteiger partial charge in [-0.25, -0.2) is 0 Å². The maximum atomic E-state index is 15.2. The Bertz CT molecular complexity index is 1770. The van der Waals surface area contributed by atoms with Gasteiger partial charge in [0.15, 0.2) is 0 Å². The molecule has 5 heteroatoms. The number of amides is 1. The van der Waals surface area contributed by atoms with Crippen molar-refractivity contribution in [3.8, 4) is 5.75 Å². The quantitative estimate of drug-likeness (QED) is 0.213. The van der Waals surface area contributed by atoms with Crippen molar-refractivity contribution in [2.45, 2.75) is 22.3 Å². The van der Waals surface area contributed by atoms with Gasteiger partial charge in [-0.05, 0) is 23.8 Å². The van der Waals surface area contributed by atoms with Crippen molar-refractivity contribution >= 4 is 34.7 Å². The number of methoxy groups -OCH3 is 1. The van der Waals surface area contributed by atoms with Crippen LogP contribution in [0.1, 0.15) is 33.9 Å². The van der Waals surface area contributed by atoms with Crippen LogP contribution in [0.3, 0.4) is 0 Å².